The minimum absolute atomic E-state index is 0.202. The van der Waals surface area contributed by atoms with Crippen molar-refractivity contribution in [2.45, 2.75) is 58.6 Å². The van der Waals surface area contributed by atoms with Gasteiger partial charge in [0.1, 0.15) is 0 Å². The lowest BCUT2D eigenvalue weighted by Crippen LogP contribution is -2.36. The standard InChI is InChI=1S/C19H29NO/c1-15(8-7-12-20-19(2,3)4)14-18-17-10-6-5-9-16(17)11-13-21-18/h5-6,8-10,18,20H,7,11-14H2,1-4H3. The second-order valence-electron chi connectivity index (χ2n) is 7.03. The summed E-state index contributed by atoms with van der Waals surface area (Å²) in [5, 5.41) is 3.52. The molecule has 1 unspecified atom stereocenters. The largest absolute Gasteiger partial charge is 0.373 e. The van der Waals surface area contributed by atoms with Crippen LogP contribution in [0.5, 0.6) is 0 Å². The Balaban J connectivity index is 1.87. The highest BCUT2D eigenvalue weighted by Crippen LogP contribution is 2.31. The quantitative estimate of drug-likeness (QED) is 0.639. The molecule has 0 saturated heterocycles. The van der Waals surface area contributed by atoms with Crippen molar-refractivity contribution in [3.63, 3.8) is 0 Å². The first-order valence-electron chi connectivity index (χ1n) is 8.06. The highest BCUT2D eigenvalue weighted by molar-refractivity contribution is 5.31. The molecular weight excluding hydrogens is 258 g/mol. The first kappa shape index (κ1) is 16.3. The fourth-order valence-electron chi connectivity index (χ4n) is 2.79. The number of hydrogen-bond donors (Lipinski definition) is 1. The Morgan fingerprint density at radius 2 is 2.10 bits per heavy atom. The van der Waals surface area contributed by atoms with Crippen LogP contribution in [0.4, 0.5) is 0 Å². The molecule has 1 N–H and O–H groups in total. The van der Waals surface area contributed by atoms with Crippen LogP contribution in [0, 0.1) is 0 Å². The summed E-state index contributed by atoms with van der Waals surface area (Å²) >= 11 is 0. The van der Waals surface area contributed by atoms with Gasteiger partial charge in [0.2, 0.25) is 0 Å². The summed E-state index contributed by atoms with van der Waals surface area (Å²) < 4.78 is 5.98. The van der Waals surface area contributed by atoms with Crippen LogP contribution in [0.15, 0.2) is 35.9 Å². The zero-order chi connectivity index (χ0) is 15.3. The number of rotatable bonds is 5. The molecule has 1 aliphatic heterocycles. The first-order valence-corrected chi connectivity index (χ1v) is 8.06. The monoisotopic (exact) mass is 287 g/mol. The third kappa shape index (κ3) is 5.29. The number of benzene rings is 1. The van der Waals surface area contributed by atoms with Crippen LogP contribution in [0.25, 0.3) is 0 Å². The van der Waals surface area contributed by atoms with E-state index in [4.69, 9.17) is 4.74 Å². The second-order valence-corrected chi connectivity index (χ2v) is 7.03. The molecule has 2 rings (SSSR count). The van der Waals surface area contributed by atoms with Gasteiger partial charge in [0.15, 0.2) is 0 Å². The van der Waals surface area contributed by atoms with Gasteiger partial charge in [-0.05, 0) is 64.6 Å². The maximum Gasteiger partial charge on any atom is 0.0864 e. The molecule has 0 radical (unpaired) electrons. The zero-order valence-electron chi connectivity index (χ0n) is 13.9. The molecule has 116 valence electrons. The molecule has 0 fully saturated rings. The summed E-state index contributed by atoms with van der Waals surface area (Å²) in [6, 6.07) is 8.69. The summed E-state index contributed by atoms with van der Waals surface area (Å²) in [5.74, 6) is 0. The van der Waals surface area contributed by atoms with E-state index in [0.717, 1.165) is 32.4 Å². The van der Waals surface area contributed by atoms with Crippen molar-refractivity contribution < 1.29 is 4.74 Å². The van der Waals surface area contributed by atoms with E-state index >= 15 is 0 Å². The van der Waals surface area contributed by atoms with E-state index < -0.39 is 0 Å². The summed E-state index contributed by atoms with van der Waals surface area (Å²) in [6.45, 7) is 10.7. The lowest BCUT2D eigenvalue weighted by atomic mass is 9.93. The Bertz CT molecular complexity index is 485. The van der Waals surface area contributed by atoms with Gasteiger partial charge in [-0.3, -0.25) is 0 Å². The highest BCUT2D eigenvalue weighted by Gasteiger charge is 2.20. The molecule has 0 aliphatic carbocycles. The molecule has 0 saturated carbocycles. The van der Waals surface area contributed by atoms with Gasteiger partial charge in [-0.2, -0.15) is 0 Å². The molecule has 1 atom stereocenters. The number of hydrogen-bond acceptors (Lipinski definition) is 2. The van der Waals surface area contributed by atoms with Crippen LogP contribution in [-0.4, -0.2) is 18.7 Å². The second kappa shape index (κ2) is 7.24. The normalized spacial score (nSPS) is 19.4. The van der Waals surface area contributed by atoms with Crippen LogP contribution in [0.3, 0.4) is 0 Å². The van der Waals surface area contributed by atoms with Crippen LogP contribution in [0.1, 0.15) is 57.8 Å². The Morgan fingerprint density at radius 3 is 2.86 bits per heavy atom. The summed E-state index contributed by atoms with van der Waals surface area (Å²) in [6.07, 6.45) is 5.72. The molecule has 0 aromatic heterocycles. The molecule has 0 bridgehead atoms. The van der Waals surface area contributed by atoms with E-state index in [1.165, 1.54) is 16.7 Å². The Morgan fingerprint density at radius 1 is 1.33 bits per heavy atom. The van der Waals surface area contributed by atoms with Crippen molar-refractivity contribution in [2.75, 3.05) is 13.2 Å². The van der Waals surface area contributed by atoms with E-state index in [2.05, 4.69) is 63.4 Å². The zero-order valence-corrected chi connectivity index (χ0v) is 13.9. The van der Waals surface area contributed by atoms with Crippen molar-refractivity contribution in [1.29, 1.82) is 0 Å². The van der Waals surface area contributed by atoms with Gasteiger partial charge in [-0.1, -0.05) is 35.9 Å². The van der Waals surface area contributed by atoms with Crippen molar-refractivity contribution in [3.05, 3.63) is 47.0 Å². The smallest absolute Gasteiger partial charge is 0.0864 e. The van der Waals surface area contributed by atoms with Gasteiger partial charge in [0, 0.05) is 5.54 Å². The van der Waals surface area contributed by atoms with E-state index in [0.29, 0.717) is 0 Å². The minimum atomic E-state index is 0.202. The Labute approximate surface area is 129 Å². The van der Waals surface area contributed by atoms with Crippen molar-refractivity contribution in [2.24, 2.45) is 0 Å². The van der Waals surface area contributed by atoms with Gasteiger partial charge in [0.25, 0.3) is 0 Å². The SMILES string of the molecule is CC(=CCCNC(C)(C)C)CC1OCCc2ccccc21. The molecule has 0 spiro atoms. The number of ether oxygens (including phenoxy) is 1. The first-order chi connectivity index (χ1) is 9.96. The fourth-order valence-corrected chi connectivity index (χ4v) is 2.79. The minimum Gasteiger partial charge on any atom is -0.373 e. The van der Waals surface area contributed by atoms with E-state index in [1.54, 1.807) is 0 Å². The average Bonchev–Trinajstić information content (AvgIpc) is 2.43. The Kier molecular flexibility index (Phi) is 5.60. The van der Waals surface area contributed by atoms with E-state index in [1.807, 2.05) is 0 Å². The summed E-state index contributed by atoms with van der Waals surface area (Å²) in [5.41, 5.74) is 4.46. The molecule has 1 aliphatic rings. The average molecular weight is 287 g/mol. The molecule has 1 aromatic carbocycles. The summed E-state index contributed by atoms with van der Waals surface area (Å²) in [7, 11) is 0. The molecule has 2 nitrogen and oxygen atoms in total. The third-order valence-corrected chi connectivity index (χ3v) is 3.89. The lowest BCUT2D eigenvalue weighted by molar-refractivity contribution is 0.0427. The van der Waals surface area contributed by atoms with E-state index in [9.17, 15) is 0 Å². The van der Waals surface area contributed by atoms with Gasteiger partial charge in [0.05, 0.1) is 12.7 Å². The van der Waals surface area contributed by atoms with Crippen molar-refractivity contribution in [3.8, 4) is 0 Å². The molecule has 21 heavy (non-hydrogen) atoms. The molecule has 2 heteroatoms. The number of nitrogens with one attached hydrogen (secondary N) is 1. The van der Waals surface area contributed by atoms with Gasteiger partial charge < -0.3 is 10.1 Å². The van der Waals surface area contributed by atoms with Crippen LogP contribution in [0.2, 0.25) is 0 Å². The van der Waals surface area contributed by atoms with Crippen molar-refractivity contribution >= 4 is 0 Å². The predicted molar refractivity (Wildman–Crippen MR) is 89.6 cm³/mol. The highest BCUT2D eigenvalue weighted by atomic mass is 16.5. The van der Waals surface area contributed by atoms with Gasteiger partial charge in [-0.25, -0.2) is 0 Å². The Hall–Kier alpha value is -1.12. The molecule has 1 heterocycles. The van der Waals surface area contributed by atoms with Crippen LogP contribution >= 0.6 is 0 Å². The lowest BCUT2D eigenvalue weighted by Gasteiger charge is -2.26. The predicted octanol–water partition coefficient (Wildman–Crippen LogP) is 4.42. The molecular formula is C19H29NO. The van der Waals surface area contributed by atoms with Crippen LogP contribution < -0.4 is 5.32 Å². The topological polar surface area (TPSA) is 21.3 Å². The van der Waals surface area contributed by atoms with Gasteiger partial charge in [-0.15, -0.1) is 0 Å². The third-order valence-electron chi connectivity index (χ3n) is 3.89. The summed E-state index contributed by atoms with van der Waals surface area (Å²) in [4.78, 5) is 0. The fraction of sp³-hybridized carbons (Fsp3) is 0.579. The molecule has 0 amide bonds. The van der Waals surface area contributed by atoms with E-state index in [-0.39, 0.29) is 11.6 Å². The maximum atomic E-state index is 5.98. The number of fused-ring (bicyclic) bond motifs is 1. The van der Waals surface area contributed by atoms with Crippen molar-refractivity contribution in [1.82, 2.24) is 5.32 Å². The van der Waals surface area contributed by atoms with Gasteiger partial charge >= 0.3 is 0 Å². The van der Waals surface area contributed by atoms with Crippen LogP contribution in [-0.2, 0) is 11.2 Å². The maximum absolute atomic E-state index is 5.98. The molecule has 1 aromatic rings.